The van der Waals surface area contributed by atoms with Gasteiger partial charge in [-0.1, -0.05) is 29.3 Å². The van der Waals surface area contributed by atoms with Crippen molar-refractivity contribution in [1.82, 2.24) is 10.0 Å². The first-order valence-electron chi connectivity index (χ1n) is 7.40. The highest BCUT2D eigenvalue weighted by atomic mass is 35.5. The lowest BCUT2D eigenvalue weighted by Gasteiger charge is -2.27. The van der Waals surface area contributed by atoms with Gasteiger partial charge in [-0.25, -0.2) is 13.8 Å². The SMILES string of the molecule is CON(C(=O)c1cccnc1C(F)F)C(C)Cc1c(Cl)cccc1Cl. The Kier molecular flexibility index (Phi) is 6.70. The van der Waals surface area contributed by atoms with Crippen molar-refractivity contribution in [3.8, 4) is 0 Å². The molecular formula is C17H16Cl2F2N2O2. The van der Waals surface area contributed by atoms with E-state index in [1.807, 2.05) is 0 Å². The van der Waals surface area contributed by atoms with Crippen molar-refractivity contribution in [3.63, 3.8) is 0 Å². The zero-order valence-electron chi connectivity index (χ0n) is 13.5. The van der Waals surface area contributed by atoms with Crippen LogP contribution in [0.3, 0.4) is 0 Å². The number of amides is 1. The van der Waals surface area contributed by atoms with E-state index in [0.29, 0.717) is 22.0 Å². The van der Waals surface area contributed by atoms with Gasteiger partial charge in [0.2, 0.25) is 0 Å². The molecule has 2 aromatic rings. The third-order valence-corrected chi connectivity index (χ3v) is 4.34. The van der Waals surface area contributed by atoms with E-state index in [1.54, 1.807) is 25.1 Å². The molecule has 0 aliphatic rings. The fraction of sp³-hybridized carbons (Fsp3) is 0.294. The molecule has 1 unspecified atom stereocenters. The second kappa shape index (κ2) is 8.56. The molecule has 0 bridgehead atoms. The van der Waals surface area contributed by atoms with Crippen LogP contribution in [0.2, 0.25) is 10.0 Å². The van der Waals surface area contributed by atoms with Crippen LogP contribution in [0.25, 0.3) is 0 Å². The fourth-order valence-corrected chi connectivity index (χ4v) is 3.01. The number of benzene rings is 1. The molecule has 2 rings (SSSR count). The number of hydrogen-bond acceptors (Lipinski definition) is 3. The smallest absolute Gasteiger partial charge is 0.274 e. The molecule has 1 amide bonds. The number of pyridine rings is 1. The van der Waals surface area contributed by atoms with Gasteiger partial charge in [0, 0.05) is 16.2 Å². The average molecular weight is 389 g/mol. The maximum atomic E-state index is 13.1. The first-order valence-corrected chi connectivity index (χ1v) is 8.16. The standard InChI is InChI=1S/C17H16Cl2F2N2O2/c1-10(9-12-13(18)6-3-7-14(12)19)23(25-2)17(24)11-5-4-8-22-15(11)16(20)21/h3-8,10,16H,9H2,1-2H3. The summed E-state index contributed by atoms with van der Waals surface area (Å²) in [5.41, 5.74) is -0.151. The summed E-state index contributed by atoms with van der Waals surface area (Å²) in [5.74, 6) is -0.707. The van der Waals surface area contributed by atoms with Crippen molar-refractivity contribution in [2.45, 2.75) is 25.8 Å². The number of rotatable bonds is 6. The summed E-state index contributed by atoms with van der Waals surface area (Å²) < 4.78 is 26.2. The highest BCUT2D eigenvalue weighted by Gasteiger charge is 2.28. The molecule has 0 spiro atoms. The van der Waals surface area contributed by atoms with E-state index >= 15 is 0 Å². The van der Waals surface area contributed by atoms with Crippen LogP contribution in [0.4, 0.5) is 8.78 Å². The molecule has 1 aromatic carbocycles. The van der Waals surface area contributed by atoms with Crippen LogP contribution in [-0.4, -0.2) is 29.1 Å². The molecule has 0 aliphatic heterocycles. The molecule has 25 heavy (non-hydrogen) atoms. The average Bonchev–Trinajstić information content (AvgIpc) is 2.58. The van der Waals surface area contributed by atoms with Gasteiger partial charge >= 0.3 is 0 Å². The maximum absolute atomic E-state index is 13.1. The summed E-state index contributed by atoms with van der Waals surface area (Å²) in [7, 11) is 1.29. The molecule has 8 heteroatoms. The molecule has 1 heterocycles. The highest BCUT2D eigenvalue weighted by Crippen LogP contribution is 2.28. The number of carbonyl (C=O) groups excluding carboxylic acids is 1. The number of nitrogens with zero attached hydrogens (tertiary/aromatic N) is 2. The monoisotopic (exact) mass is 388 g/mol. The van der Waals surface area contributed by atoms with Gasteiger partial charge in [-0.3, -0.25) is 14.6 Å². The van der Waals surface area contributed by atoms with Crippen LogP contribution in [-0.2, 0) is 11.3 Å². The quantitative estimate of drug-likeness (QED) is 0.656. The molecule has 4 nitrogen and oxygen atoms in total. The lowest BCUT2D eigenvalue weighted by molar-refractivity contribution is -0.119. The van der Waals surface area contributed by atoms with Crippen molar-refractivity contribution < 1.29 is 18.4 Å². The lowest BCUT2D eigenvalue weighted by Crippen LogP contribution is -2.39. The Hall–Kier alpha value is -1.76. The van der Waals surface area contributed by atoms with Crippen molar-refractivity contribution >= 4 is 29.1 Å². The van der Waals surface area contributed by atoms with Crippen molar-refractivity contribution in [1.29, 1.82) is 0 Å². The second-order valence-corrected chi connectivity index (χ2v) is 6.12. The Balaban J connectivity index is 2.28. The molecule has 0 saturated heterocycles. The molecule has 0 radical (unpaired) electrons. The van der Waals surface area contributed by atoms with Crippen molar-refractivity contribution in [2.24, 2.45) is 0 Å². The molecule has 0 aliphatic carbocycles. The number of hydroxylamine groups is 2. The summed E-state index contributed by atoms with van der Waals surface area (Å²) in [6, 6.07) is 7.29. The number of halogens is 4. The Morgan fingerprint density at radius 2 is 1.88 bits per heavy atom. The molecule has 1 aromatic heterocycles. The molecule has 1 atom stereocenters. The molecule has 0 fully saturated rings. The van der Waals surface area contributed by atoms with Crippen LogP contribution >= 0.6 is 23.2 Å². The van der Waals surface area contributed by atoms with Gasteiger partial charge in [0.1, 0.15) is 5.69 Å². The normalized spacial score (nSPS) is 12.3. The molecule has 0 saturated carbocycles. The van der Waals surface area contributed by atoms with Crippen molar-refractivity contribution in [2.75, 3.05) is 7.11 Å². The Morgan fingerprint density at radius 3 is 2.44 bits per heavy atom. The number of alkyl halides is 2. The first kappa shape index (κ1) is 19.6. The summed E-state index contributed by atoms with van der Waals surface area (Å²) in [5, 5.41) is 1.93. The van der Waals surface area contributed by atoms with E-state index in [4.69, 9.17) is 28.0 Å². The van der Waals surface area contributed by atoms with Crippen LogP contribution in [0, 0.1) is 0 Å². The molecular weight excluding hydrogens is 373 g/mol. The van der Waals surface area contributed by atoms with Crippen molar-refractivity contribution in [3.05, 3.63) is 63.4 Å². The van der Waals surface area contributed by atoms with Crippen LogP contribution in [0.15, 0.2) is 36.5 Å². The van der Waals surface area contributed by atoms with Crippen LogP contribution in [0.5, 0.6) is 0 Å². The lowest BCUT2D eigenvalue weighted by atomic mass is 10.1. The van der Waals surface area contributed by atoms with Gasteiger partial charge < -0.3 is 0 Å². The third kappa shape index (κ3) is 4.45. The summed E-state index contributed by atoms with van der Waals surface area (Å²) in [4.78, 5) is 21.4. The summed E-state index contributed by atoms with van der Waals surface area (Å²) in [6.07, 6.45) is -1.36. The van der Waals surface area contributed by atoms with E-state index in [-0.39, 0.29) is 5.56 Å². The van der Waals surface area contributed by atoms with E-state index in [0.717, 1.165) is 5.06 Å². The van der Waals surface area contributed by atoms with E-state index in [1.165, 1.54) is 25.4 Å². The largest absolute Gasteiger partial charge is 0.281 e. The minimum absolute atomic E-state index is 0.212. The minimum atomic E-state index is -2.87. The van der Waals surface area contributed by atoms with Crippen LogP contribution < -0.4 is 0 Å². The number of hydrogen-bond donors (Lipinski definition) is 0. The Labute approximate surface area is 154 Å². The Bertz CT molecular complexity index is 739. The van der Waals surface area contributed by atoms with Crippen LogP contribution in [0.1, 0.15) is 35.0 Å². The minimum Gasteiger partial charge on any atom is -0.274 e. The fourth-order valence-electron chi connectivity index (χ4n) is 2.46. The zero-order valence-corrected chi connectivity index (χ0v) is 15.1. The number of aromatic nitrogens is 1. The predicted octanol–water partition coefficient (Wildman–Crippen LogP) is 4.96. The molecule has 0 N–H and O–H groups in total. The second-order valence-electron chi connectivity index (χ2n) is 5.30. The van der Waals surface area contributed by atoms with Gasteiger partial charge in [0.05, 0.1) is 18.7 Å². The van der Waals surface area contributed by atoms with Gasteiger partial charge in [0.25, 0.3) is 12.3 Å². The topological polar surface area (TPSA) is 42.4 Å². The predicted molar refractivity (Wildman–Crippen MR) is 92.0 cm³/mol. The van der Waals surface area contributed by atoms with E-state index in [9.17, 15) is 13.6 Å². The maximum Gasteiger partial charge on any atom is 0.281 e. The summed E-state index contributed by atoms with van der Waals surface area (Å²) in [6.45, 7) is 1.71. The molecule has 134 valence electrons. The zero-order chi connectivity index (χ0) is 18.6. The first-order chi connectivity index (χ1) is 11.9. The van der Waals surface area contributed by atoms with E-state index < -0.39 is 24.1 Å². The Morgan fingerprint density at radius 1 is 1.24 bits per heavy atom. The van der Waals surface area contributed by atoms with Gasteiger partial charge in [0.15, 0.2) is 0 Å². The van der Waals surface area contributed by atoms with Gasteiger partial charge in [-0.2, -0.15) is 0 Å². The van der Waals surface area contributed by atoms with Gasteiger partial charge in [-0.05, 0) is 43.2 Å². The third-order valence-electron chi connectivity index (χ3n) is 3.63. The van der Waals surface area contributed by atoms with Gasteiger partial charge in [-0.15, -0.1) is 0 Å². The number of carbonyl (C=O) groups is 1. The van der Waals surface area contributed by atoms with E-state index in [2.05, 4.69) is 4.98 Å². The summed E-state index contributed by atoms with van der Waals surface area (Å²) >= 11 is 12.3. The highest BCUT2D eigenvalue weighted by molar-refractivity contribution is 6.36.